The number of rotatable bonds is 3. The second-order valence-corrected chi connectivity index (χ2v) is 3.71. The summed E-state index contributed by atoms with van der Waals surface area (Å²) in [7, 11) is 0. The molecule has 1 aromatic carbocycles. The van der Waals surface area contributed by atoms with Gasteiger partial charge in [-0.05, 0) is 12.1 Å². The third kappa shape index (κ3) is 2.35. The van der Waals surface area contributed by atoms with Crippen molar-refractivity contribution < 1.29 is 9.18 Å². The average molecular weight is 244 g/mol. The van der Waals surface area contributed by atoms with E-state index in [0.717, 1.165) is 6.07 Å². The van der Waals surface area contributed by atoms with Gasteiger partial charge in [0.15, 0.2) is 0 Å². The molecule has 5 nitrogen and oxygen atoms in total. The van der Waals surface area contributed by atoms with Crippen molar-refractivity contribution in [3.63, 3.8) is 0 Å². The quantitative estimate of drug-likeness (QED) is 0.875. The molecule has 0 aliphatic rings. The van der Waals surface area contributed by atoms with Gasteiger partial charge in [0.25, 0.3) is 5.91 Å². The first-order chi connectivity index (χ1) is 8.60. The summed E-state index contributed by atoms with van der Waals surface area (Å²) in [6, 6.07) is 6.05. The number of nitriles is 1. The van der Waals surface area contributed by atoms with Gasteiger partial charge in [0.05, 0.1) is 29.9 Å². The van der Waals surface area contributed by atoms with E-state index in [1.807, 2.05) is 6.07 Å². The number of nitrogens with two attached hydrogens (primary N) is 1. The Morgan fingerprint density at radius 2 is 2.33 bits per heavy atom. The number of carbonyl (C=O) groups excluding carboxylic acids is 1. The molecule has 90 valence electrons. The standard InChI is InChI=1S/C12H9FN4O/c13-11-3-8(4-14)1-2-9(11)6-17-7-10(5-16-17)12(15)18/h1-3,5,7H,6H2,(H2,15,18). The largest absolute Gasteiger partial charge is 0.366 e. The molecule has 0 aliphatic heterocycles. The van der Waals surface area contributed by atoms with Crippen LogP contribution in [0.3, 0.4) is 0 Å². The van der Waals surface area contributed by atoms with Crippen molar-refractivity contribution in [1.29, 1.82) is 5.26 Å². The second kappa shape index (κ2) is 4.67. The Morgan fingerprint density at radius 1 is 1.56 bits per heavy atom. The summed E-state index contributed by atoms with van der Waals surface area (Å²) in [5.74, 6) is -1.06. The molecule has 2 aromatic rings. The van der Waals surface area contributed by atoms with Gasteiger partial charge in [0, 0.05) is 11.8 Å². The molecule has 0 saturated carbocycles. The summed E-state index contributed by atoms with van der Waals surface area (Å²) in [6.07, 6.45) is 2.77. The lowest BCUT2D eigenvalue weighted by Gasteiger charge is -2.03. The van der Waals surface area contributed by atoms with Gasteiger partial charge in [-0.1, -0.05) is 6.07 Å². The fraction of sp³-hybridized carbons (Fsp3) is 0.0833. The first-order valence-corrected chi connectivity index (χ1v) is 5.11. The minimum Gasteiger partial charge on any atom is -0.366 e. The number of aromatic nitrogens is 2. The van der Waals surface area contributed by atoms with Crippen molar-refractivity contribution in [2.24, 2.45) is 5.73 Å². The number of hydrogen-bond donors (Lipinski definition) is 1. The van der Waals surface area contributed by atoms with Gasteiger partial charge in [0.2, 0.25) is 0 Å². The van der Waals surface area contributed by atoms with E-state index in [0.29, 0.717) is 5.56 Å². The van der Waals surface area contributed by atoms with Crippen LogP contribution >= 0.6 is 0 Å². The Kier molecular flexibility index (Phi) is 3.06. The van der Waals surface area contributed by atoms with E-state index in [-0.39, 0.29) is 17.7 Å². The predicted octanol–water partition coefficient (Wildman–Crippen LogP) is 1.04. The van der Waals surface area contributed by atoms with Crippen LogP contribution in [-0.2, 0) is 6.54 Å². The van der Waals surface area contributed by atoms with Crippen molar-refractivity contribution >= 4 is 5.91 Å². The molecule has 0 fully saturated rings. The van der Waals surface area contributed by atoms with Crippen LogP contribution in [0.5, 0.6) is 0 Å². The van der Waals surface area contributed by atoms with Crippen LogP contribution in [0.4, 0.5) is 4.39 Å². The first-order valence-electron chi connectivity index (χ1n) is 5.11. The molecular weight excluding hydrogens is 235 g/mol. The van der Waals surface area contributed by atoms with Crippen molar-refractivity contribution in [3.05, 3.63) is 53.1 Å². The third-order valence-corrected chi connectivity index (χ3v) is 2.43. The van der Waals surface area contributed by atoms with Gasteiger partial charge in [-0.25, -0.2) is 4.39 Å². The number of benzene rings is 1. The van der Waals surface area contributed by atoms with Crippen molar-refractivity contribution in [2.45, 2.75) is 6.54 Å². The molecule has 0 saturated heterocycles. The molecule has 0 unspecified atom stereocenters. The molecule has 18 heavy (non-hydrogen) atoms. The zero-order valence-electron chi connectivity index (χ0n) is 9.30. The molecule has 1 heterocycles. The van der Waals surface area contributed by atoms with E-state index in [1.165, 1.54) is 29.2 Å². The van der Waals surface area contributed by atoms with Crippen molar-refractivity contribution in [1.82, 2.24) is 9.78 Å². The lowest BCUT2D eigenvalue weighted by atomic mass is 10.1. The Labute approximate surface area is 102 Å². The van der Waals surface area contributed by atoms with Crippen molar-refractivity contribution in [3.8, 4) is 6.07 Å². The van der Waals surface area contributed by atoms with E-state index < -0.39 is 11.7 Å². The molecule has 1 amide bonds. The normalized spacial score (nSPS) is 10.0. The Morgan fingerprint density at radius 3 is 2.89 bits per heavy atom. The highest BCUT2D eigenvalue weighted by atomic mass is 19.1. The molecular formula is C12H9FN4O. The molecule has 1 aromatic heterocycles. The molecule has 2 rings (SSSR count). The van der Waals surface area contributed by atoms with E-state index in [9.17, 15) is 9.18 Å². The van der Waals surface area contributed by atoms with E-state index in [2.05, 4.69) is 5.10 Å². The van der Waals surface area contributed by atoms with Gasteiger partial charge >= 0.3 is 0 Å². The van der Waals surface area contributed by atoms with Crippen LogP contribution in [0.15, 0.2) is 30.6 Å². The van der Waals surface area contributed by atoms with Gasteiger partial charge in [-0.2, -0.15) is 10.4 Å². The number of hydrogen-bond acceptors (Lipinski definition) is 3. The summed E-state index contributed by atoms with van der Waals surface area (Å²) in [4.78, 5) is 10.9. The highest BCUT2D eigenvalue weighted by Crippen LogP contribution is 2.11. The van der Waals surface area contributed by atoms with Crippen LogP contribution in [0, 0.1) is 17.1 Å². The summed E-state index contributed by atoms with van der Waals surface area (Å²) in [6.45, 7) is 0.171. The number of primary amides is 1. The van der Waals surface area contributed by atoms with E-state index in [1.54, 1.807) is 0 Å². The predicted molar refractivity (Wildman–Crippen MR) is 61.0 cm³/mol. The molecule has 2 N–H and O–H groups in total. The summed E-state index contributed by atoms with van der Waals surface area (Å²) < 4.78 is 15.0. The zero-order valence-corrected chi connectivity index (χ0v) is 9.30. The molecule has 0 atom stereocenters. The lowest BCUT2D eigenvalue weighted by molar-refractivity contribution is 0.1000. The Balaban J connectivity index is 2.23. The molecule has 0 spiro atoms. The van der Waals surface area contributed by atoms with Gasteiger partial charge in [0.1, 0.15) is 5.82 Å². The smallest absolute Gasteiger partial charge is 0.251 e. The fourth-order valence-corrected chi connectivity index (χ4v) is 1.50. The number of carbonyl (C=O) groups is 1. The molecule has 0 radical (unpaired) electrons. The molecule has 6 heteroatoms. The van der Waals surface area contributed by atoms with Crippen molar-refractivity contribution in [2.75, 3.05) is 0 Å². The second-order valence-electron chi connectivity index (χ2n) is 3.71. The lowest BCUT2D eigenvalue weighted by Crippen LogP contribution is -2.09. The first kappa shape index (κ1) is 11.8. The van der Waals surface area contributed by atoms with Crippen LogP contribution in [0.2, 0.25) is 0 Å². The topological polar surface area (TPSA) is 84.7 Å². The maximum absolute atomic E-state index is 13.6. The maximum atomic E-state index is 13.6. The zero-order chi connectivity index (χ0) is 13.1. The van der Waals surface area contributed by atoms with Crippen LogP contribution < -0.4 is 5.73 Å². The maximum Gasteiger partial charge on any atom is 0.251 e. The third-order valence-electron chi connectivity index (χ3n) is 2.43. The van der Waals surface area contributed by atoms with Gasteiger partial charge in [-0.3, -0.25) is 9.48 Å². The van der Waals surface area contributed by atoms with Gasteiger partial charge < -0.3 is 5.73 Å². The molecule has 0 aliphatic carbocycles. The fourth-order valence-electron chi connectivity index (χ4n) is 1.50. The van der Waals surface area contributed by atoms with Gasteiger partial charge in [-0.15, -0.1) is 0 Å². The van der Waals surface area contributed by atoms with Crippen LogP contribution in [0.1, 0.15) is 21.5 Å². The SMILES string of the molecule is N#Cc1ccc(Cn2cc(C(N)=O)cn2)c(F)c1. The van der Waals surface area contributed by atoms with E-state index >= 15 is 0 Å². The van der Waals surface area contributed by atoms with Crippen LogP contribution in [0.25, 0.3) is 0 Å². The number of nitrogens with zero attached hydrogens (tertiary/aromatic N) is 3. The minimum absolute atomic E-state index is 0.171. The number of halogens is 1. The Bertz CT molecular complexity index is 642. The summed E-state index contributed by atoms with van der Waals surface area (Å²) >= 11 is 0. The summed E-state index contributed by atoms with van der Waals surface area (Å²) in [5.41, 5.74) is 5.99. The molecule has 0 bridgehead atoms. The van der Waals surface area contributed by atoms with E-state index in [4.69, 9.17) is 11.0 Å². The van der Waals surface area contributed by atoms with Crippen LogP contribution in [-0.4, -0.2) is 15.7 Å². The highest BCUT2D eigenvalue weighted by Gasteiger charge is 2.07. The monoisotopic (exact) mass is 244 g/mol. The minimum atomic E-state index is -0.582. The highest BCUT2D eigenvalue weighted by molar-refractivity contribution is 5.92. The number of amides is 1. The average Bonchev–Trinajstić information content (AvgIpc) is 2.80. The summed E-state index contributed by atoms with van der Waals surface area (Å²) in [5, 5.41) is 12.5. The Hall–Kier alpha value is -2.68.